The molecule has 4 heteroatoms. The van der Waals surface area contributed by atoms with Gasteiger partial charge >= 0.3 is 5.97 Å². The minimum atomic E-state index is -0.719. The van der Waals surface area contributed by atoms with Crippen LogP contribution in [-0.2, 0) is 4.79 Å². The van der Waals surface area contributed by atoms with Crippen LogP contribution in [0.4, 0.5) is 0 Å². The third-order valence-electron chi connectivity index (χ3n) is 2.40. The van der Waals surface area contributed by atoms with E-state index in [0.717, 1.165) is 32.4 Å². The quantitative estimate of drug-likeness (QED) is 0.508. The molecule has 0 saturated carbocycles. The molecule has 0 heterocycles. The molecule has 15 heavy (non-hydrogen) atoms. The highest BCUT2D eigenvalue weighted by Gasteiger charge is 2.04. The monoisotopic (exact) mass is 217 g/mol. The molecule has 0 rings (SSSR count). The first-order chi connectivity index (χ1) is 7.02. The Hall–Kier alpha value is -0.610. The second-order valence-electron chi connectivity index (χ2n) is 4.21. The molecule has 0 aliphatic rings. The summed E-state index contributed by atoms with van der Waals surface area (Å²) in [5.74, 6) is -0.274. The molecule has 0 bridgehead atoms. The molecule has 0 radical (unpaired) electrons. The van der Waals surface area contributed by atoms with Crippen LogP contribution >= 0.6 is 0 Å². The SMILES string of the molecule is CC(O)CCNCCC(C)CCC(=O)O. The molecule has 0 saturated heterocycles. The minimum absolute atomic E-state index is 0.248. The van der Waals surface area contributed by atoms with E-state index in [-0.39, 0.29) is 12.5 Å². The lowest BCUT2D eigenvalue weighted by molar-refractivity contribution is -0.137. The first kappa shape index (κ1) is 14.4. The molecular formula is C11H23NO3. The fourth-order valence-corrected chi connectivity index (χ4v) is 1.30. The average molecular weight is 217 g/mol. The van der Waals surface area contributed by atoms with Crippen molar-refractivity contribution >= 4 is 5.97 Å². The first-order valence-electron chi connectivity index (χ1n) is 5.63. The largest absolute Gasteiger partial charge is 0.481 e. The fourth-order valence-electron chi connectivity index (χ4n) is 1.30. The Morgan fingerprint density at radius 3 is 2.33 bits per heavy atom. The first-order valence-corrected chi connectivity index (χ1v) is 5.63. The van der Waals surface area contributed by atoms with E-state index < -0.39 is 5.97 Å². The van der Waals surface area contributed by atoms with E-state index in [0.29, 0.717) is 5.92 Å². The van der Waals surface area contributed by atoms with Gasteiger partial charge in [0.25, 0.3) is 0 Å². The van der Waals surface area contributed by atoms with Gasteiger partial charge in [-0.3, -0.25) is 4.79 Å². The summed E-state index contributed by atoms with van der Waals surface area (Å²) in [7, 11) is 0. The number of carboxylic acids is 1. The Morgan fingerprint density at radius 2 is 1.80 bits per heavy atom. The topological polar surface area (TPSA) is 69.6 Å². The summed E-state index contributed by atoms with van der Waals surface area (Å²) in [5, 5.41) is 20.7. The Kier molecular flexibility index (Phi) is 8.33. The summed E-state index contributed by atoms with van der Waals surface area (Å²) in [6.07, 6.45) is 2.51. The van der Waals surface area contributed by atoms with Crippen LogP contribution in [0, 0.1) is 5.92 Å². The fraction of sp³-hybridized carbons (Fsp3) is 0.909. The van der Waals surface area contributed by atoms with Crippen LogP contribution in [0.25, 0.3) is 0 Å². The zero-order valence-corrected chi connectivity index (χ0v) is 9.70. The lowest BCUT2D eigenvalue weighted by atomic mass is 10.0. The highest BCUT2D eigenvalue weighted by Crippen LogP contribution is 2.08. The van der Waals surface area contributed by atoms with E-state index in [1.54, 1.807) is 6.92 Å². The van der Waals surface area contributed by atoms with E-state index in [1.165, 1.54) is 0 Å². The number of hydrogen-bond donors (Lipinski definition) is 3. The van der Waals surface area contributed by atoms with Crippen molar-refractivity contribution < 1.29 is 15.0 Å². The van der Waals surface area contributed by atoms with Crippen molar-refractivity contribution in [3.8, 4) is 0 Å². The maximum Gasteiger partial charge on any atom is 0.303 e. The second-order valence-corrected chi connectivity index (χ2v) is 4.21. The highest BCUT2D eigenvalue weighted by atomic mass is 16.4. The van der Waals surface area contributed by atoms with Gasteiger partial charge in [0.1, 0.15) is 0 Å². The number of carbonyl (C=O) groups is 1. The summed E-state index contributed by atoms with van der Waals surface area (Å²) in [5.41, 5.74) is 0. The number of rotatable bonds is 9. The summed E-state index contributed by atoms with van der Waals surface area (Å²) in [6.45, 7) is 5.56. The van der Waals surface area contributed by atoms with E-state index in [4.69, 9.17) is 10.2 Å². The summed E-state index contributed by atoms with van der Waals surface area (Å²) in [6, 6.07) is 0. The normalized spacial score (nSPS) is 14.9. The van der Waals surface area contributed by atoms with Gasteiger partial charge < -0.3 is 15.5 Å². The molecule has 0 aromatic carbocycles. The lowest BCUT2D eigenvalue weighted by Gasteiger charge is -2.11. The molecule has 0 aliphatic heterocycles. The average Bonchev–Trinajstić information content (AvgIpc) is 2.13. The van der Waals surface area contributed by atoms with Crippen molar-refractivity contribution in [2.75, 3.05) is 13.1 Å². The van der Waals surface area contributed by atoms with Gasteiger partial charge in [-0.05, 0) is 45.2 Å². The number of aliphatic hydroxyl groups excluding tert-OH is 1. The Morgan fingerprint density at radius 1 is 1.20 bits per heavy atom. The van der Waals surface area contributed by atoms with Crippen LogP contribution in [0.2, 0.25) is 0 Å². The summed E-state index contributed by atoms with van der Waals surface area (Å²) in [4.78, 5) is 10.3. The van der Waals surface area contributed by atoms with Gasteiger partial charge in [-0.1, -0.05) is 6.92 Å². The minimum Gasteiger partial charge on any atom is -0.481 e. The third kappa shape index (κ3) is 11.3. The number of carboxylic acid groups (broad SMARTS) is 1. The van der Waals surface area contributed by atoms with E-state index in [1.807, 2.05) is 0 Å². The zero-order valence-electron chi connectivity index (χ0n) is 9.70. The number of aliphatic carboxylic acids is 1. The lowest BCUT2D eigenvalue weighted by Crippen LogP contribution is -2.21. The van der Waals surface area contributed by atoms with Crippen molar-refractivity contribution in [3.63, 3.8) is 0 Å². The van der Waals surface area contributed by atoms with Gasteiger partial charge in [-0.2, -0.15) is 0 Å². The van der Waals surface area contributed by atoms with E-state index >= 15 is 0 Å². The van der Waals surface area contributed by atoms with Gasteiger partial charge in [0, 0.05) is 6.42 Å². The van der Waals surface area contributed by atoms with Crippen LogP contribution in [-0.4, -0.2) is 35.4 Å². The van der Waals surface area contributed by atoms with Gasteiger partial charge in [0.05, 0.1) is 6.10 Å². The molecular weight excluding hydrogens is 194 g/mol. The maximum absolute atomic E-state index is 10.3. The molecule has 3 N–H and O–H groups in total. The van der Waals surface area contributed by atoms with Gasteiger partial charge in [0.2, 0.25) is 0 Å². The van der Waals surface area contributed by atoms with Crippen molar-refractivity contribution in [2.45, 2.75) is 45.6 Å². The Balaban J connectivity index is 3.23. The van der Waals surface area contributed by atoms with Crippen molar-refractivity contribution in [1.29, 1.82) is 0 Å². The molecule has 0 fully saturated rings. The highest BCUT2D eigenvalue weighted by molar-refractivity contribution is 5.66. The Labute approximate surface area is 91.7 Å². The summed E-state index contributed by atoms with van der Waals surface area (Å²) >= 11 is 0. The van der Waals surface area contributed by atoms with Gasteiger partial charge in [-0.15, -0.1) is 0 Å². The molecule has 4 nitrogen and oxygen atoms in total. The van der Waals surface area contributed by atoms with Crippen molar-refractivity contribution in [2.24, 2.45) is 5.92 Å². The number of hydrogen-bond acceptors (Lipinski definition) is 3. The molecule has 90 valence electrons. The molecule has 2 atom stereocenters. The van der Waals surface area contributed by atoms with E-state index in [9.17, 15) is 4.79 Å². The van der Waals surface area contributed by atoms with Gasteiger partial charge in [-0.25, -0.2) is 0 Å². The standard InChI is InChI=1S/C11H23NO3/c1-9(3-4-11(14)15)5-7-12-8-6-10(2)13/h9-10,12-13H,3-8H2,1-2H3,(H,14,15). The molecule has 0 aromatic rings. The predicted molar refractivity (Wildman–Crippen MR) is 59.8 cm³/mol. The van der Waals surface area contributed by atoms with Crippen molar-refractivity contribution in [1.82, 2.24) is 5.32 Å². The third-order valence-corrected chi connectivity index (χ3v) is 2.40. The second kappa shape index (κ2) is 8.68. The van der Waals surface area contributed by atoms with Crippen molar-refractivity contribution in [3.05, 3.63) is 0 Å². The van der Waals surface area contributed by atoms with Crippen LogP contribution in [0.3, 0.4) is 0 Å². The number of aliphatic hydroxyl groups is 1. The maximum atomic E-state index is 10.3. The molecule has 0 spiro atoms. The molecule has 0 aliphatic carbocycles. The van der Waals surface area contributed by atoms with Crippen LogP contribution < -0.4 is 5.32 Å². The smallest absolute Gasteiger partial charge is 0.303 e. The molecule has 0 amide bonds. The number of nitrogens with one attached hydrogen (secondary N) is 1. The zero-order chi connectivity index (χ0) is 11.7. The van der Waals surface area contributed by atoms with Gasteiger partial charge in [0.15, 0.2) is 0 Å². The van der Waals surface area contributed by atoms with E-state index in [2.05, 4.69) is 12.2 Å². The molecule has 0 aromatic heterocycles. The Bertz CT molecular complexity index is 171. The predicted octanol–water partition coefficient (Wildman–Crippen LogP) is 1.24. The van der Waals surface area contributed by atoms with Crippen LogP contribution in [0.15, 0.2) is 0 Å². The van der Waals surface area contributed by atoms with Crippen LogP contribution in [0.1, 0.15) is 39.5 Å². The molecule has 2 unspecified atom stereocenters. The van der Waals surface area contributed by atoms with Crippen LogP contribution in [0.5, 0.6) is 0 Å². The summed E-state index contributed by atoms with van der Waals surface area (Å²) < 4.78 is 0.